The summed E-state index contributed by atoms with van der Waals surface area (Å²) in [5.74, 6) is -0.475. The Morgan fingerprint density at radius 3 is 2.45 bits per heavy atom. The molecule has 6 nitrogen and oxygen atoms in total. The summed E-state index contributed by atoms with van der Waals surface area (Å²) in [6.07, 6.45) is 0.0664. The zero-order valence-electron chi connectivity index (χ0n) is 12.8. The van der Waals surface area contributed by atoms with Crippen LogP contribution in [0.4, 0.5) is 4.79 Å². The van der Waals surface area contributed by atoms with Crippen molar-refractivity contribution in [3.8, 4) is 0 Å². The number of carbonyl (C=O) groups excluding carboxylic acids is 2. The first-order valence-corrected chi connectivity index (χ1v) is 6.65. The van der Waals surface area contributed by atoms with Gasteiger partial charge in [-0.05, 0) is 27.7 Å². The van der Waals surface area contributed by atoms with E-state index in [1.54, 1.807) is 6.92 Å². The minimum absolute atomic E-state index is 0.0835. The van der Waals surface area contributed by atoms with Crippen molar-refractivity contribution in [3.05, 3.63) is 12.2 Å². The molecule has 0 aromatic carbocycles. The standard InChI is InChI=1S/C14H25NO5/c1-6-18-9-7-14(4,5)20-13(17)15-8-10-19-12(16)11(2)3/h2,6-10H2,1,3-5H3,(H,15,17). The monoisotopic (exact) mass is 287 g/mol. The van der Waals surface area contributed by atoms with Gasteiger partial charge in [-0.2, -0.15) is 0 Å². The lowest BCUT2D eigenvalue weighted by molar-refractivity contribution is -0.138. The smallest absolute Gasteiger partial charge is 0.407 e. The lowest BCUT2D eigenvalue weighted by atomic mass is 10.1. The van der Waals surface area contributed by atoms with Gasteiger partial charge in [-0.1, -0.05) is 6.58 Å². The number of carbonyl (C=O) groups is 2. The third kappa shape index (κ3) is 9.38. The van der Waals surface area contributed by atoms with Gasteiger partial charge in [0.25, 0.3) is 0 Å². The van der Waals surface area contributed by atoms with E-state index in [0.717, 1.165) is 0 Å². The van der Waals surface area contributed by atoms with Gasteiger partial charge < -0.3 is 19.5 Å². The van der Waals surface area contributed by atoms with E-state index >= 15 is 0 Å². The Balaban J connectivity index is 3.81. The van der Waals surface area contributed by atoms with Crippen molar-refractivity contribution in [2.75, 3.05) is 26.4 Å². The summed E-state index contributed by atoms with van der Waals surface area (Å²) in [6, 6.07) is 0. The zero-order chi connectivity index (χ0) is 15.6. The van der Waals surface area contributed by atoms with Crippen molar-refractivity contribution in [1.29, 1.82) is 0 Å². The van der Waals surface area contributed by atoms with Crippen LogP contribution in [0.2, 0.25) is 0 Å². The van der Waals surface area contributed by atoms with Gasteiger partial charge in [0, 0.05) is 18.6 Å². The minimum Gasteiger partial charge on any atom is -0.460 e. The van der Waals surface area contributed by atoms with Crippen LogP contribution in [0.15, 0.2) is 12.2 Å². The second kappa shape index (κ2) is 9.36. The maximum Gasteiger partial charge on any atom is 0.407 e. The van der Waals surface area contributed by atoms with Crippen LogP contribution >= 0.6 is 0 Å². The molecule has 116 valence electrons. The van der Waals surface area contributed by atoms with Crippen LogP contribution in [-0.2, 0) is 19.0 Å². The van der Waals surface area contributed by atoms with E-state index < -0.39 is 17.7 Å². The van der Waals surface area contributed by atoms with E-state index in [0.29, 0.717) is 25.2 Å². The lowest BCUT2D eigenvalue weighted by Gasteiger charge is -2.25. The second-order valence-electron chi connectivity index (χ2n) is 4.94. The highest BCUT2D eigenvalue weighted by molar-refractivity contribution is 5.86. The predicted molar refractivity (Wildman–Crippen MR) is 75.4 cm³/mol. The molecule has 0 rings (SSSR count). The maximum atomic E-state index is 11.5. The first kappa shape index (κ1) is 18.4. The molecule has 0 radical (unpaired) electrons. The van der Waals surface area contributed by atoms with Gasteiger partial charge in [0.1, 0.15) is 12.2 Å². The summed E-state index contributed by atoms with van der Waals surface area (Å²) in [4.78, 5) is 22.6. The molecule has 6 heteroatoms. The first-order valence-electron chi connectivity index (χ1n) is 6.65. The van der Waals surface area contributed by atoms with Crippen molar-refractivity contribution >= 4 is 12.1 Å². The Bertz CT molecular complexity index is 338. The quantitative estimate of drug-likeness (QED) is 0.399. The van der Waals surface area contributed by atoms with E-state index in [4.69, 9.17) is 14.2 Å². The fraction of sp³-hybridized carbons (Fsp3) is 0.714. The van der Waals surface area contributed by atoms with Crippen molar-refractivity contribution in [3.63, 3.8) is 0 Å². The van der Waals surface area contributed by atoms with Crippen LogP contribution in [-0.4, -0.2) is 44.0 Å². The summed E-state index contributed by atoms with van der Waals surface area (Å²) in [5, 5.41) is 2.51. The van der Waals surface area contributed by atoms with Crippen molar-refractivity contribution in [2.24, 2.45) is 0 Å². The maximum absolute atomic E-state index is 11.5. The SMILES string of the molecule is C=C(C)C(=O)OCCNC(=O)OC(C)(C)CCOCC. The molecule has 0 saturated carbocycles. The van der Waals surface area contributed by atoms with Gasteiger partial charge in [-0.15, -0.1) is 0 Å². The molecule has 1 amide bonds. The fourth-order valence-electron chi connectivity index (χ4n) is 1.22. The summed E-state index contributed by atoms with van der Waals surface area (Å²) in [6.45, 7) is 12.0. The number of ether oxygens (including phenoxy) is 3. The molecule has 0 aromatic rings. The zero-order valence-corrected chi connectivity index (χ0v) is 12.8. The number of alkyl carbamates (subject to hydrolysis) is 1. The fourth-order valence-corrected chi connectivity index (χ4v) is 1.22. The average molecular weight is 287 g/mol. The third-order valence-corrected chi connectivity index (χ3v) is 2.37. The van der Waals surface area contributed by atoms with Crippen molar-refractivity contribution < 1.29 is 23.8 Å². The van der Waals surface area contributed by atoms with Crippen molar-refractivity contribution in [2.45, 2.75) is 39.7 Å². The van der Waals surface area contributed by atoms with Gasteiger partial charge in [-0.3, -0.25) is 0 Å². The van der Waals surface area contributed by atoms with Gasteiger partial charge in [0.15, 0.2) is 0 Å². The first-order chi connectivity index (χ1) is 9.28. The molecule has 0 aliphatic carbocycles. The molecule has 0 atom stereocenters. The molecule has 0 heterocycles. The van der Waals surface area contributed by atoms with Crippen LogP contribution in [0.5, 0.6) is 0 Å². The second-order valence-corrected chi connectivity index (χ2v) is 4.94. The van der Waals surface area contributed by atoms with Gasteiger partial charge >= 0.3 is 12.1 Å². The Morgan fingerprint density at radius 2 is 1.90 bits per heavy atom. The summed E-state index contributed by atoms with van der Waals surface area (Å²) in [7, 11) is 0. The Labute approximate surface area is 120 Å². The molecule has 0 saturated heterocycles. The summed E-state index contributed by atoms with van der Waals surface area (Å²) >= 11 is 0. The van der Waals surface area contributed by atoms with Gasteiger partial charge in [0.2, 0.25) is 0 Å². The third-order valence-electron chi connectivity index (χ3n) is 2.37. The summed E-state index contributed by atoms with van der Waals surface area (Å²) < 4.78 is 15.3. The summed E-state index contributed by atoms with van der Waals surface area (Å²) in [5.41, 5.74) is -0.280. The van der Waals surface area contributed by atoms with Gasteiger partial charge in [-0.25, -0.2) is 9.59 Å². The average Bonchev–Trinajstić information content (AvgIpc) is 2.33. The molecule has 0 unspecified atom stereocenters. The van der Waals surface area contributed by atoms with Gasteiger partial charge in [0.05, 0.1) is 13.2 Å². The molecular weight excluding hydrogens is 262 g/mol. The molecule has 0 aliphatic heterocycles. The molecule has 0 bridgehead atoms. The number of esters is 1. The lowest BCUT2D eigenvalue weighted by Crippen LogP contribution is -2.37. The highest BCUT2D eigenvalue weighted by Crippen LogP contribution is 2.14. The van der Waals surface area contributed by atoms with E-state index in [9.17, 15) is 9.59 Å². The van der Waals surface area contributed by atoms with Crippen molar-refractivity contribution in [1.82, 2.24) is 5.32 Å². The Morgan fingerprint density at radius 1 is 1.25 bits per heavy atom. The Hall–Kier alpha value is -1.56. The van der Waals surface area contributed by atoms with E-state index in [1.165, 1.54) is 0 Å². The molecular formula is C14H25NO5. The predicted octanol–water partition coefficient (Wildman–Crippen LogP) is 2.04. The minimum atomic E-state index is -0.604. The molecule has 20 heavy (non-hydrogen) atoms. The van der Waals surface area contributed by atoms with E-state index in [2.05, 4.69) is 11.9 Å². The van der Waals surface area contributed by atoms with E-state index in [-0.39, 0.29) is 13.2 Å². The van der Waals surface area contributed by atoms with Crippen LogP contribution in [0.1, 0.15) is 34.1 Å². The molecule has 0 aromatic heterocycles. The van der Waals surface area contributed by atoms with Crippen LogP contribution in [0, 0.1) is 0 Å². The Kier molecular flexibility index (Phi) is 8.63. The number of hydrogen-bond donors (Lipinski definition) is 1. The van der Waals surface area contributed by atoms with Crippen LogP contribution < -0.4 is 5.32 Å². The van der Waals surface area contributed by atoms with Crippen LogP contribution in [0.25, 0.3) is 0 Å². The number of amides is 1. The molecule has 0 fully saturated rings. The number of hydrogen-bond acceptors (Lipinski definition) is 5. The topological polar surface area (TPSA) is 73.9 Å². The number of nitrogens with one attached hydrogen (secondary N) is 1. The van der Waals surface area contributed by atoms with E-state index in [1.807, 2.05) is 20.8 Å². The number of rotatable bonds is 9. The molecule has 0 aliphatic rings. The largest absolute Gasteiger partial charge is 0.460 e. The molecule has 1 N–H and O–H groups in total. The highest BCUT2D eigenvalue weighted by Gasteiger charge is 2.22. The normalized spacial score (nSPS) is 10.8. The highest BCUT2D eigenvalue weighted by atomic mass is 16.6. The van der Waals surface area contributed by atoms with Crippen LogP contribution in [0.3, 0.4) is 0 Å². The molecule has 0 spiro atoms.